The van der Waals surface area contributed by atoms with Crippen LogP contribution in [0.15, 0.2) is 30.3 Å². The smallest absolute Gasteiger partial charge is 0.289 e. The van der Waals surface area contributed by atoms with E-state index in [0.29, 0.717) is 24.6 Å². The van der Waals surface area contributed by atoms with E-state index in [9.17, 15) is 9.59 Å². The van der Waals surface area contributed by atoms with Crippen molar-refractivity contribution in [2.24, 2.45) is 0 Å². The minimum absolute atomic E-state index is 0.105. The fraction of sp³-hybridized carbons (Fsp3) is 0.421. The minimum atomic E-state index is -0.254. The van der Waals surface area contributed by atoms with E-state index >= 15 is 0 Å². The zero-order valence-electron chi connectivity index (χ0n) is 14.8. The number of aromatic nitrogens is 2. The maximum Gasteiger partial charge on any atom is 0.289 e. The second-order valence-corrected chi connectivity index (χ2v) is 6.14. The zero-order chi connectivity index (χ0) is 17.8. The highest BCUT2D eigenvalue weighted by Crippen LogP contribution is 2.23. The summed E-state index contributed by atoms with van der Waals surface area (Å²) < 4.78 is 1.93. The maximum atomic E-state index is 12.8. The molecule has 3 rings (SSSR count). The molecule has 0 spiro atoms. The average Bonchev–Trinajstić information content (AvgIpc) is 3.03. The van der Waals surface area contributed by atoms with Gasteiger partial charge in [-0.3, -0.25) is 9.59 Å². The first kappa shape index (κ1) is 17.2. The second-order valence-electron chi connectivity index (χ2n) is 6.14. The molecule has 1 aromatic heterocycles. The number of fused-ring (bicyclic) bond motifs is 1. The Hall–Kier alpha value is -2.63. The highest BCUT2D eigenvalue weighted by atomic mass is 16.2. The van der Waals surface area contributed by atoms with Crippen LogP contribution in [0.2, 0.25) is 0 Å². The number of para-hydroxylation sites is 1. The van der Waals surface area contributed by atoms with E-state index in [4.69, 9.17) is 0 Å². The van der Waals surface area contributed by atoms with Crippen molar-refractivity contribution in [2.75, 3.05) is 18.4 Å². The zero-order valence-corrected chi connectivity index (χ0v) is 14.8. The van der Waals surface area contributed by atoms with Crippen molar-refractivity contribution < 1.29 is 9.59 Å². The van der Waals surface area contributed by atoms with Gasteiger partial charge in [0.2, 0.25) is 0 Å². The third-order valence-corrected chi connectivity index (χ3v) is 4.61. The van der Waals surface area contributed by atoms with Gasteiger partial charge >= 0.3 is 0 Å². The van der Waals surface area contributed by atoms with Gasteiger partial charge in [0.1, 0.15) is 0 Å². The molecule has 1 aliphatic heterocycles. The standard InChI is InChI=1S/C19H24N4O2/c1-3-22(4-2)19(25)17-21-16(15-12-8-9-13-23(15)17)18(24)20-14-10-6-5-7-11-14/h5-7,10-11H,3-4,8-9,12-13H2,1-2H3,(H,20,24). The largest absolute Gasteiger partial charge is 0.337 e. The first-order valence-corrected chi connectivity index (χ1v) is 8.90. The van der Waals surface area contributed by atoms with Crippen molar-refractivity contribution in [3.63, 3.8) is 0 Å². The van der Waals surface area contributed by atoms with Crippen molar-refractivity contribution in [3.8, 4) is 0 Å². The average molecular weight is 340 g/mol. The second kappa shape index (κ2) is 7.51. The van der Waals surface area contributed by atoms with Crippen LogP contribution >= 0.6 is 0 Å². The number of amides is 2. The number of benzene rings is 1. The molecule has 0 unspecified atom stereocenters. The van der Waals surface area contributed by atoms with E-state index in [1.165, 1.54) is 0 Å². The lowest BCUT2D eigenvalue weighted by Crippen LogP contribution is -2.33. The Kier molecular flexibility index (Phi) is 5.16. The molecule has 25 heavy (non-hydrogen) atoms. The molecule has 6 nitrogen and oxygen atoms in total. The molecule has 1 aromatic carbocycles. The summed E-state index contributed by atoms with van der Waals surface area (Å²) in [6.45, 7) is 5.89. The molecule has 132 valence electrons. The van der Waals surface area contributed by atoms with Crippen molar-refractivity contribution in [3.05, 3.63) is 47.5 Å². The van der Waals surface area contributed by atoms with Gasteiger partial charge in [-0.25, -0.2) is 4.98 Å². The molecule has 2 aromatic rings. The lowest BCUT2D eigenvalue weighted by Gasteiger charge is -2.21. The molecule has 0 bridgehead atoms. The number of rotatable bonds is 5. The van der Waals surface area contributed by atoms with Gasteiger partial charge in [-0.1, -0.05) is 18.2 Å². The Labute approximate surface area is 147 Å². The van der Waals surface area contributed by atoms with Gasteiger partial charge < -0.3 is 14.8 Å². The van der Waals surface area contributed by atoms with E-state index in [0.717, 1.165) is 37.2 Å². The van der Waals surface area contributed by atoms with Crippen LogP contribution in [0.5, 0.6) is 0 Å². The number of anilines is 1. The number of nitrogens with one attached hydrogen (secondary N) is 1. The third kappa shape index (κ3) is 3.43. The molecule has 0 saturated carbocycles. The van der Waals surface area contributed by atoms with Gasteiger partial charge in [0.05, 0.1) is 5.69 Å². The third-order valence-electron chi connectivity index (χ3n) is 4.61. The van der Waals surface area contributed by atoms with Gasteiger partial charge in [0, 0.05) is 25.3 Å². The van der Waals surface area contributed by atoms with Crippen LogP contribution in [-0.4, -0.2) is 39.4 Å². The molecule has 6 heteroatoms. The van der Waals surface area contributed by atoms with E-state index < -0.39 is 0 Å². The fourth-order valence-corrected chi connectivity index (χ4v) is 3.25. The lowest BCUT2D eigenvalue weighted by atomic mass is 10.1. The van der Waals surface area contributed by atoms with Gasteiger partial charge in [-0.2, -0.15) is 0 Å². The molecule has 0 saturated heterocycles. The van der Waals surface area contributed by atoms with Gasteiger partial charge in [-0.15, -0.1) is 0 Å². The monoisotopic (exact) mass is 340 g/mol. The van der Waals surface area contributed by atoms with Crippen LogP contribution in [0.3, 0.4) is 0 Å². The Balaban J connectivity index is 1.94. The van der Waals surface area contributed by atoms with Crippen molar-refractivity contribution in [1.29, 1.82) is 0 Å². The summed E-state index contributed by atoms with van der Waals surface area (Å²) in [5, 5.41) is 2.88. The van der Waals surface area contributed by atoms with Gasteiger partial charge in [-0.05, 0) is 45.2 Å². The summed E-state index contributed by atoms with van der Waals surface area (Å²) in [5.74, 6) is 0.0268. The molecule has 0 aliphatic carbocycles. The van der Waals surface area contributed by atoms with Crippen LogP contribution in [-0.2, 0) is 13.0 Å². The summed E-state index contributed by atoms with van der Waals surface area (Å²) in [5.41, 5.74) is 1.97. The summed E-state index contributed by atoms with van der Waals surface area (Å²) in [4.78, 5) is 31.7. The Morgan fingerprint density at radius 1 is 1.16 bits per heavy atom. The highest BCUT2D eigenvalue weighted by molar-refractivity contribution is 6.05. The van der Waals surface area contributed by atoms with Crippen LogP contribution in [0, 0.1) is 0 Å². The van der Waals surface area contributed by atoms with Crippen LogP contribution < -0.4 is 5.32 Å². The Morgan fingerprint density at radius 3 is 2.56 bits per heavy atom. The van der Waals surface area contributed by atoms with Gasteiger partial charge in [0.25, 0.3) is 11.8 Å². The SMILES string of the molecule is CCN(CC)C(=O)c1nc(C(=O)Nc2ccccc2)c2n1CCCC2. The molecule has 0 atom stereocenters. The fourth-order valence-electron chi connectivity index (χ4n) is 3.25. The molecule has 2 heterocycles. The van der Waals surface area contributed by atoms with E-state index in [-0.39, 0.29) is 11.8 Å². The Morgan fingerprint density at radius 2 is 1.88 bits per heavy atom. The normalized spacial score (nSPS) is 13.2. The van der Waals surface area contributed by atoms with E-state index in [1.807, 2.05) is 48.7 Å². The topological polar surface area (TPSA) is 67.2 Å². The Bertz CT molecular complexity index is 763. The maximum absolute atomic E-state index is 12.8. The van der Waals surface area contributed by atoms with Crippen LogP contribution in [0.25, 0.3) is 0 Å². The van der Waals surface area contributed by atoms with Crippen molar-refractivity contribution in [2.45, 2.75) is 39.7 Å². The molecular weight excluding hydrogens is 316 g/mol. The predicted molar refractivity (Wildman–Crippen MR) is 96.8 cm³/mol. The van der Waals surface area contributed by atoms with Gasteiger partial charge in [0.15, 0.2) is 11.5 Å². The number of imidazole rings is 1. The molecule has 0 radical (unpaired) electrons. The lowest BCUT2D eigenvalue weighted by molar-refractivity contribution is 0.0754. The number of nitrogens with zero attached hydrogens (tertiary/aromatic N) is 3. The number of carbonyl (C=O) groups is 2. The van der Waals surface area contributed by atoms with E-state index in [2.05, 4.69) is 10.3 Å². The van der Waals surface area contributed by atoms with Crippen molar-refractivity contribution in [1.82, 2.24) is 14.5 Å². The highest BCUT2D eigenvalue weighted by Gasteiger charge is 2.29. The van der Waals surface area contributed by atoms with Crippen molar-refractivity contribution >= 4 is 17.5 Å². The first-order valence-electron chi connectivity index (χ1n) is 8.90. The summed E-state index contributed by atoms with van der Waals surface area (Å²) in [6.07, 6.45) is 2.79. The molecule has 2 amide bonds. The molecular formula is C19H24N4O2. The number of hydrogen-bond acceptors (Lipinski definition) is 3. The van der Waals surface area contributed by atoms with Crippen LogP contribution in [0.1, 0.15) is 53.5 Å². The minimum Gasteiger partial charge on any atom is -0.337 e. The molecule has 1 aliphatic rings. The number of hydrogen-bond donors (Lipinski definition) is 1. The first-order chi connectivity index (χ1) is 12.2. The van der Waals surface area contributed by atoms with Crippen LogP contribution in [0.4, 0.5) is 5.69 Å². The summed E-state index contributed by atoms with van der Waals surface area (Å²) in [7, 11) is 0. The number of carbonyl (C=O) groups excluding carboxylic acids is 2. The summed E-state index contributed by atoms with van der Waals surface area (Å²) >= 11 is 0. The summed E-state index contributed by atoms with van der Waals surface area (Å²) in [6, 6.07) is 9.31. The molecule has 1 N–H and O–H groups in total. The van der Waals surface area contributed by atoms with E-state index in [1.54, 1.807) is 4.90 Å². The quantitative estimate of drug-likeness (QED) is 0.910. The molecule has 0 fully saturated rings. The predicted octanol–water partition coefficient (Wildman–Crippen LogP) is 2.95.